The Bertz CT molecular complexity index is 160. The van der Waals surface area contributed by atoms with Gasteiger partial charge < -0.3 is 10.1 Å². The summed E-state index contributed by atoms with van der Waals surface area (Å²) in [7, 11) is 1.67. The van der Waals surface area contributed by atoms with E-state index in [-0.39, 0.29) is 11.9 Å². The number of methoxy groups -OCH3 is 1. The largest absolute Gasteiger partial charge is 0.383 e. The Balaban J connectivity index is 2.22. The summed E-state index contributed by atoms with van der Waals surface area (Å²) >= 11 is 0. The molecular weight excluding hydrogens is 166 g/mol. The third kappa shape index (κ3) is 3.77. The van der Waals surface area contributed by atoms with Crippen molar-refractivity contribution in [3.8, 4) is 0 Å². The first-order chi connectivity index (χ1) is 6.27. The monoisotopic (exact) mass is 185 g/mol. The van der Waals surface area contributed by atoms with Crippen molar-refractivity contribution >= 4 is 5.91 Å². The van der Waals surface area contributed by atoms with E-state index in [0.717, 1.165) is 25.7 Å². The molecule has 0 aromatic rings. The van der Waals surface area contributed by atoms with Crippen LogP contribution in [0.3, 0.4) is 0 Å². The van der Waals surface area contributed by atoms with Crippen molar-refractivity contribution in [1.29, 1.82) is 0 Å². The van der Waals surface area contributed by atoms with Crippen molar-refractivity contribution in [1.82, 2.24) is 5.32 Å². The summed E-state index contributed by atoms with van der Waals surface area (Å²) in [5.41, 5.74) is 0. The van der Waals surface area contributed by atoms with Gasteiger partial charge in [0, 0.05) is 13.0 Å². The van der Waals surface area contributed by atoms with Crippen LogP contribution in [0.2, 0.25) is 0 Å². The van der Waals surface area contributed by atoms with Crippen molar-refractivity contribution in [2.75, 3.05) is 13.7 Å². The molecule has 1 aliphatic rings. The van der Waals surface area contributed by atoms with Crippen LogP contribution >= 0.6 is 0 Å². The summed E-state index contributed by atoms with van der Waals surface area (Å²) in [6.45, 7) is 2.75. The molecule has 1 aliphatic carbocycles. The van der Waals surface area contributed by atoms with Gasteiger partial charge in [-0.25, -0.2) is 0 Å². The van der Waals surface area contributed by atoms with Gasteiger partial charge in [-0.1, -0.05) is 13.3 Å². The Hall–Kier alpha value is -0.570. The first-order valence-corrected chi connectivity index (χ1v) is 5.07. The molecule has 0 aromatic heterocycles. The molecule has 3 heteroatoms. The van der Waals surface area contributed by atoms with Crippen molar-refractivity contribution in [2.24, 2.45) is 5.92 Å². The number of carbonyl (C=O) groups excluding carboxylic acids is 1. The predicted molar refractivity (Wildman–Crippen MR) is 51.4 cm³/mol. The Morgan fingerprint density at radius 1 is 1.62 bits per heavy atom. The summed E-state index contributed by atoms with van der Waals surface area (Å²) in [6, 6.07) is 0.211. The fourth-order valence-corrected chi connectivity index (χ4v) is 1.41. The highest BCUT2D eigenvalue weighted by atomic mass is 16.5. The fourth-order valence-electron chi connectivity index (χ4n) is 1.41. The molecule has 0 heterocycles. The minimum Gasteiger partial charge on any atom is -0.383 e. The molecule has 1 atom stereocenters. The number of hydrogen-bond acceptors (Lipinski definition) is 2. The molecule has 13 heavy (non-hydrogen) atoms. The van der Waals surface area contributed by atoms with Crippen LogP contribution in [0.1, 0.15) is 32.6 Å². The zero-order chi connectivity index (χ0) is 9.68. The van der Waals surface area contributed by atoms with E-state index in [9.17, 15) is 4.79 Å². The molecule has 1 rings (SSSR count). The summed E-state index contributed by atoms with van der Waals surface area (Å²) in [4.78, 5) is 11.4. The maximum atomic E-state index is 11.4. The van der Waals surface area contributed by atoms with E-state index in [1.54, 1.807) is 7.11 Å². The minimum absolute atomic E-state index is 0.211. The minimum atomic E-state index is 0.211. The fraction of sp³-hybridized carbons (Fsp3) is 0.900. The van der Waals surface area contributed by atoms with Crippen LogP contribution in [0, 0.1) is 5.92 Å². The number of nitrogens with one attached hydrogen (secondary N) is 1. The van der Waals surface area contributed by atoms with E-state index >= 15 is 0 Å². The quantitative estimate of drug-likeness (QED) is 0.678. The van der Waals surface area contributed by atoms with Gasteiger partial charge in [0.1, 0.15) is 0 Å². The lowest BCUT2D eigenvalue weighted by Crippen LogP contribution is -2.38. The maximum Gasteiger partial charge on any atom is 0.223 e. The van der Waals surface area contributed by atoms with Gasteiger partial charge in [-0.15, -0.1) is 0 Å². The Morgan fingerprint density at radius 2 is 2.31 bits per heavy atom. The predicted octanol–water partition coefficient (Wildman–Crippen LogP) is 1.33. The molecule has 3 nitrogen and oxygen atoms in total. The van der Waals surface area contributed by atoms with Crippen LogP contribution in [0.15, 0.2) is 0 Å². The van der Waals surface area contributed by atoms with Crippen molar-refractivity contribution in [3.63, 3.8) is 0 Å². The lowest BCUT2D eigenvalue weighted by molar-refractivity contribution is -0.123. The molecule has 0 spiro atoms. The van der Waals surface area contributed by atoms with Crippen molar-refractivity contribution in [2.45, 2.75) is 38.6 Å². The Morgan fingerprint density at radius 3 is 2.77 bits per heavy atom. The molecule has 1 saturated carbocycles. The summed E-state index contributed by atoms with van der Waals surface area (Å²) in [5, 5.41) is 3.02. The van der Waals surface area contributed by atoms with Crippen molar-refractivity contribution < 1.29 is 9.53 Å². The third-order valence-corrected chi connectivity index (χ3v) is 2.30. The SMILES string of the molecule is CCCC(COC)NC(=O)C1CC1. The highest BCUT2D eigenvalue weighted by molar-refractivity contribution is 5.81. The topological polar surface area (TPSA) is 38.3 Å². The zero-order valence-electron chi connectivity index (χ0n) is 8.51. The van der Waals surface area contributed by atoms with Gasteiger partial charge >= 0.3 is 0 Å². The first kappa shape index (κ1) is 10.5. The Labute approximate surface area is 79.8 Å². The average Bonchev–Trinajstić information content (AvgIpc) is 2.87. The van der Waals surface area contributed by atoms with Gasteiger partial charge in [0.25, 0.3) is 0 Å². The highest BCUT2D eigenvalue weighted by Crippen LogP contribution is 2.28. The standard InChI is InChI=1S/C10H19NO2/c1-3-4-9(7-13-2)11-10(12)8-5-6-8/h8-9H,3-7H2,1-2H3,(H,11,12). The molecule has 0 radical (unpaired) electrons. The number of ether oxygens (including phenoxy) is 1. The molecule has 1 amide bonds. The maximum absolute atomic E-state index is 11.4. The van der Waals surface area contributed by atoms with Crippen LogP contribution in [-0.2, 0) is 9.53 Å². The normalized spacial score (nSPS) is 18.3. The van der Waals surface area contributed by atoms with Crippen LogP contribution in [-0.4, -0.2) is 25.7 Å². The van der Waals surface area contributed by atoms with Crippen LogP contribution in [0.5, 0.6) is 0 Å². The molecule has 0 bridgehead atoms. The first-order valence-electron chi connectivity index (χ1n) is 5.07. The van der Waals surface area contributed by atoms with Gasteiger partial charge in [-0.05, 0) is 19.3 Å². The van der Waals surface area contributed by atoms with E-state index in [4.69, 9.17) is 4.74 Å². The Kier molecular flexibility index (Phi) is 4.22. The van der Waals surface area contributed by atoms with Crippen LogP contribution in [0.4, 0.5) is 0 Å². The van der Waals surface area contributed by atoms with Gasteiger partial charge in [-0.2, -0.15) is 0 Å². The van der Waals surface area contributed by atoms with E-state index in [1.165, 1.54) is 0 Å². The van der Waals surface area contributed by atoms with E-state index in [2.05, 4.69) is 12.2 Å². The van der Waals surface area contributed by atoms with Crippen LogP contribution < -0.4 is 5.32 Å². The molecule has 1 fully saturated rings. The second-order valence-electron chi connectivity index (χ2n) is 3.72. The number of amides is 1. The molecule has 1 N–H and O–H groups in total. The lowest BCUT2D eigenvalue weighted by Gasteiger charge is -2.16. The molecule has 1 unspecified atom stereocenters. The second-order valence-corrected chi connectivity index (χ2v) is 3.72. The number of hydrogen-bond donors (Lipinski definition) is 1. The summed E-state index contributed by atoms with van der Waals surface area (Å²) in [6.07, 6.45) is 4.22. The number of rotatable bonds is 6. The summed E-state index contributed by atoms with van der Waals surface area (Å²) in [5.74, 6) is 0.520. The molecule has 0 saturated heterocycles. The second kappa shape index (κ2) is 5.22. The molecule has 76 valence electrons. The molecule has 0 aliphatic heterocycles. The van der Waals surface area contributed by atoms with E-state index in [1.807, 2.05) is 0 Å². The molecular formula is C10H19NO2. The van der Waals surface area contributed by atoms with Gasteiger partial charge in [0.15, 0.2) is 0 Å². The van der Waals surface area contributed by atoms with Gasteiger partial charge in [-0.3, -0.25) is 4.79 Å². The lowest BCUT2D eigenvalue weighted by atomic mass is 10.1. The van der Waals surface area contributed by atoms with Gasteiger partial charge in [0.05, 0.1) is 12.6 Å². The van der Waals surface area contributed by atoms with Crippen molar-refractivity contribution in [3.05, 3.63) is 0 Å². The van der Waals surface area contributed by atoms with E-state index < -0.39 is 0 Å². The summed E-state index contributed by atoms with van der Waals surface area (Å²) < 4.78 is 5.04. The third-order valence-electron chi connectivity index (χ3n) is 2.30. The smallest absolute Gasteiger partial charge is 0.223 e. The average molecular weight is 185 g/mol. The highest BCUT2D eigenvalue weighted by Gasteiger charge is 2.30. The molecule has 0 aromatic carbocycles. The number of carbonyl (C=O) groups is 1. The van der Waals surface area contributed by atoms with E-state index in [0.29, 0.717) is 12.5 Å². The van der Waals surface area contributed by atoms with Crippen LogP contribution in [0.25, 0.3) is 0 Å². The zero-order valence-corrected chi connectivity index (χ0v) is 8.51. The van der Waals surface area contributed by atoms with Gasteiger partial charge in [0.2, 0.25) is 5.91 Å².